The van der Waals surface area contributed by atoms with Crippen LogP contribution in [0.2, 0.25) is 0 Å². The highest BCUT2D eigenvalue weighted by Crippen LogP contribution is 2.24. The van der Waals surface area contributed by atoms with Gasteiger partial charge in [0, 0.05) is 9.86 Å². The summed E-state index contributed by atoms with van der Waals surface area (Å²) >= 11 is 3.32. The maximum Gasteiger partial charge on any atom is 0.259 e. The van der Waals surface area contributed by atoms with Crippen LogP contribution in [0.4, 0.5) is 5.69 Å². The van der Waals surface area contributed by atoms with Crippen molar-refractivity contribution in [3.05, 3.63) is 64.3 Å². The zero-order valence-electron chi connectivity index (χ0n) is 10.8. The van der Waals surface area contributed by atoms with Gasteiger partial charge in [-0.3, -0.25) is 4.79 Å². The molecule has 3 rings (SSSR count). The molecule has 3 aromatic rings. The summed E-state index contributed by atoms with van der Waals surface area (Å²) in [5, 5.41) is 12.6. The molecule has 0 aliphatic rings. The Morgan fingerprint density at radius 1 is 1.24 bits per heavy atom. The normalized spacial score (nSPS) is 10.3. The topological polar surface area (TPSA) is 66.0 Å². The Balaban J connectivity index is 1.97. The van der Waals surface area contributed by atoms with Crippen molar-refractivity contribution in [1.82, 2.24) is 0 Å². The van der Waals surface area contributed by atoms with Gasteiger partial charge in [-0.15, -0.1) is 0 Å². The number of amides is 1. The lowest BCUT2D eigenvalue weighted by Gasteiger charge is -2.06. The monoisotopic (exact) mass is 340 g/mol. The van der Waals surface area contributed by atoms with Crippen LogP contribution in [0.15, 0.2) is 57.6 Å². The third kappa shape index (κ3) is 2.54. The van der Waals surface area contributed by atoms with Crippen LogP contribution in [0.3, 0.4) is 0 Å². The summed E-state index contributed by atoms with van der Waals surface area (Å²) < 4.78 is 6.14. The van der Waals surface area contributed by atoms with E-state index in [4.69, 9.17) is 9.68 Å². The van der Waals surface area contributed by atoms with Gasteiger partial charge < -0.3 is 9.73 Å². The summed E-state index contributed by atoms with van der Waals surface area (Å²) in [5.41, 5.74) is 1.95. The van der Waals surface area contributed by atoms with Crippen LogP contribution in [0.5, 0.6) is 0 Å². The highest BCUT2D eigenvalue weighted by molar-refractivity contribution is 9.10. The molecule has 0 radical (unpaired) electrons. The van der Waals surface area contributed by atoms with Gasteiger partial charge >= 0.3 is 0 Å². The molecule has 0 bridgehead atoms. The molecule has 0 aliphatic heterocycles. The first-order valence-electron chi connectivity index (χ1n) is 6.16. The number of benzene rings is 2. The molecule has 1 aromatic heterocycles. The number of rotatable bonds is 2. The van der Waals surface area contributed by atoms with Crippen molar-refractivity contribution in [2.45, 2.75) is 0 Å². The summed E-state index contributed by atoms with van der Waals surface area (Å²) in [6, 6.07) is 14.4. The van der Waals surface area contributed by atoms with E-state index in [1.165, 1.54) is 6.26 Å². The molecule has 0 fully saturated rings. The Morgan fingerprint density at radius 3 is 2.86 bits per heavy atom. The molecule has 0 aliphatic carbocycles. The molecular weight excluding hydrogens is 332 g/mol. The predicted octanol–water partition coefficient (Wildman–Crippen LogP) is 4.32. The first-order valence-corrected chi connectivity index (χ1v) is 6.95. The van der Waals surface area contributed by atoms with E-state index in [9.17, 15) is 4.79 Å². The Labute approximate surface area is 129 Å². The standard InChI is InChI=1S/C16H9BrN2O2/c17-11-6-5-10(8-18)14(7-11)19-16(20)13-9-21-15-4-2-1-3-12(13)15/h1-7,9H,(H,19,20). The van der Waals surface area contributed by atoms with Crippen LogP contribution in [-0.4, -0.2) is 5.91 Å². The third-order valence-corrected chi connectivity index (χ3v) is 3.57. The van der Waals surface area contributed by atoms with Crippen LogP contribution in [0.1, 0.15) is 15.9 Å². The highest BCUT2D eigenvalue weighted by Gasteiger charge is 2.15. The number of nitrogens with one attached hydrogen (secondary N) is 1. The van der Waals surface area contributed by atoms with Crippen molar-refractivity contribution in [1.29, 1.82) is 5.26 Å². The smallest absolute Gasteiger partial charge is 0.259 e. The van der Waals surface area contributed by atoms with Crippen molar-refractivity contribution in [2.75, 3.05) is 5.32 Å². The second-order valence-corrected chi connectivity index (χ2v) is 5.32. The quantitative estimate of drug-likeness (QED) is 0.755. The summed E-state index contributed by atoms with van der Waals surface area (Å²) in [5.74, 6) is -0.311. The van der Waals surface area contributed by atoms with Crippen molar-refractivity contribution in [2.24, 2.45) is 0 Å². The molecule has 0 atom stereocenters. The van der Waals surface area contributed by atoms with Crippen LogP contribution < -0.4 is 5.32 Å². The second kappa shape index (κ2) is 5.43. The minimum atomic E-state index is -0.311. The van der Waals surface area contributed by atoms with Gasteiger partial charge in [0.1, 0.15) is 17.9 Å². The van der Waals surface area contributed by atoms with E-state index in [1.54, 1.807) is 24.3 Å². The fourth-order valence-electron chi connectivity index (χ4n) is 2.06. The molecule has 1 amide bonds. The molecule has 1 N–H and O–H groups in total. The molecule has 0 spiro atoms. The first-order chi connectivity index (χ1) is 10.2. The number of hydrogen-bond acceptors (Lipinski definition) is 3. The Kier molecular flexibility index (Phi) is 3.46. The molecule has 0 unspecified atom stereocenters. The lowest BCUT2D eigenvalue weighted by molar-refractivity contribution is 0.102. The van der Waals surface area contributed by atoms with Gasteiger partial charge in [0.05, 0.1) is 16.8 Å². The second-order valence-electron chi connectivity index (χ2n) is 4.40. The van der Waals surface area contributed by atoms with Gasteiger partial charge in [-0.1, -0.05) is 34.1 Å². The van der Waals surface area contributed by atoms with E-state index in [2.05, 4.69) is 27.3 Å². The van der Waals surface area contributed by atoms with Gasteiger partial charge in [0.15, 0.2) is 0 Å². The third-order valence-electron chi connectivity index (χ3n) is 3.08. The zero-order chi connectivity index (χ0) is 14.8. The Hall–Kier alpha value is -2.58. The zero-order valence-corrected chi connectivity index (χ0v) is 12.3. The minimum Gasteiger partial charge on any atom is -0.463 e. The van der Waals surface area contributed by atoms with Gasteiger partial charge in [0.2, 0.25) is 0 Å². The summed E-state index contributed by atoms with van der Waals surface area (Å²) in [6.45, 7) is 0. The molecule has 0 saturated carbocycles. The minimum absolute atomic E-state index is 0.311. The van der Waals surface area contributed by atoms with Crippen LogP contribution >= 0.6 is 15.9 Å². The van der Waals surface area contributed by atoms with Crippen molar-refractivity contribution in [3.8, 4) is 6.07 Å². The highest BCUT2D eigenvalue weighted by atomic mass is 79.9. The van der Waals surface area contributed by atoms with E-state index in [0.29, 0.717) is 22.4 Å². The molecule has 21 heavy (non-hydrogen) atoms. The van der Waals surface area contributed by atoms with Gasteiger partial charge in [-0.05, 0) is 24.3 Å². The number of carbonyl (C=O) groups is 1. The van der Waals surface area contributed by atoms with E-state index >= 15 is 0 Å². The van der Waals surface area contributed by atoms with Crippen LogP contribution in [0, 0.1) is 11.3 Å². The number of para-hydroxylation sites is 1. The number of carbonyl (C=O) groups excluding carboxylic acids is 1. The fraction of sp³-hybridized carbons (Fsp3) is 0. The average molecular weight is 341 g/mol. The van der Waals surface area contributed by atoms with Gasteiger partial charge in [-0.2, -0.15) is 5.26 Å². The summed E-state index contributed by atoms with van der Waals surface area (Å²) in [4.78, 5) is 12.4. The summed E-state index contributed by atoms with van der Waals surface area (Å²) in [6.07, 6.45) is 1.42. The number of anilines is 1. The summed E-state index contributed by atoms with van der Waals surface area (Å²) in [7, 11) is 0. The molecule has 4 nitrogen and oxygen atoms in total. The average Bonchev–Trinajstić information content (AvgIpc) is 2.91. The largest absolute Gasteiger partial charge is 0.463 e. The van der Waals surface area contributed by atoms with Gasteiger partial charge in [-0.25, -0.2) is 0 Å². The van der Waals surface area contributed by atoms with Crippen molar-refractivity contribution >= 4 is 38.5 Å². The number of furan rings is 1. The maximum atomic E-state index is 12.4. The molecular formula is C16H9BrN2O2. The number of nitrogens with zero attached hydrogens (tertiary/aromatic N) is 1. The first kappa shape index (κ1) is 13.4. The van der Waals surface area contributed by atoms with E-state index in [0.717, 1.165) is 9.86 Å². The van der Waals surface area contributed by atoms with Crippen molar-refractivity contribution < 1.29 is 9.21 Å². The molecule has 5 heteroatoms. The maximum absolute atomic E-state index is 12.4. The Bertz CT molecular complexity index is 877. The van der Waals surface area contributed by atoms with E-state index in [1.807, 2.05) is 18.2 Å². The molecule has 1 heterocycles. The predicted molar refractivity (Wildman–Crippen MR) is 83.0 cm³/mol. The van der Waals surface area contributed by atoms with Crippen LogP contribution in [0.25, 0.3) is 11.0 Å². The van der Waals surface area contributed by atoms with Gasteiger partial charge in [0.25, 0.3) is 5.91 Å². The SMILES string of the molecule is N#Cc1ccc(Br)cc1NC(=O)c1coc2ccccc12. The Morgan fingerprint density at radius 2 is 2.05 bits per heavy atom. The molecule has 102 valence electrons. The number of hydrogen-bond donors (Lipinski definition) is 1. The fourth-order valence-corrected chi connectivity index (χ4v) is 2.42. The number of halogens is 1. The lowest BCUT2D eigenvalue weighted by Crippen LogP contribution is -2.12. The number of nitriles is 1. The number of fused-ring (bicyclic) bond motifs is 1. The van der Waals surface area contributed by atoms with E-state index < -0.39 is 0 Å². The molecule has 0 saturated heterocycles. The lowest BCUT2D eigenvalue weighted by atomic mass is 10.1. The van der Waals surface area contributed by atoms with E-state index in [-0.39, 0.29) is 5.91 Å². The van der Waals surface area contributed by atoms with Crippen molar-refractivity contribution in [3.63, 3.8) is 0 Å². The van der Waals surface area contributed by atoms with Crippen LogP contribution in [-0.2, 0) is 0 Å². The molecule has 2 aromatic carbocycles.